The normalized spacial score (nSPS) is 10.5. The molecule has 0 atom stereocenters. The van der Waals surface area contributed by atoms with Crippen LogP contribution in [0.25, 0.3) is 10.9 Å². The van der Waals surface area contributed by atoms with Crippen LogP contribution in [0.4, 0.5) is 0 Å². The minimum absolute atomic E-state index is 0.133. The van der Waals surface area contributed by atoms with Gasteiger partial charge in [-0.25, -0.2) is 4.98 Å². The lowest BCUT2D eigenvalue weighted by molar-refractivity contribution is 1.07. The summed E-state index contributed by atoms with van der Waals surface area (Å²) in [6.45, 7) is 0.353. The molecule has 4 nitrogen and oxygen atoms in total. The number of hydrogen-bond acceptors (Lipinski definition) is 3. The van der Waals surface area contributed by atoms with Crippen LogP contribution in [0.5, 0.6) is 0 Å². The fourth-order valence-corrected chi connectivity index (χ4v) is 1.36. The number of rotatable bonds is 1. The van der Waals surface area contributed by atoms with Crippen LogP contribution in [0.3, 0.4) is 0 Å². The lowest BCUT2D eigenvalue weighted by atomic mass is 10.1. The van der Waals surface area contributed by atoms with Crippen molar-refractivity contribution in [3.05, 3.63) is 40.4 Å². The Morgan fingerprint density at radius 3 is 3.08 bits per heavy atom. The largest absolute Gasteiger partial charge is 0.326 e. The first-order valence-corrected chi connectivity index (χ1v) is 3.98. The molecule has 0 aliphatic rings. The Morgan fingerprint density at radius 1 is 1.46 bits per heavy atom. The molecule has 0 spiro atoms. The van der Waals surface area contributed by atoms with Gasteiger partial charge >= 0.3 is 0 Å². The molecule has 1 aromatic carbocycles. The van der Waals surface area contributed by atoms with Gasteiger partial charge in [-0.3, -0.25) is 4.79 Å². The number of benzene rings is 1. The number of fused-ring (bicyclic) bond motifs is 1. The minimum Gasteiger partial charge on any atom is -0.326 e. The van der Waals surface area contributed by atoms with Crippen LogP contribution in [0.2, 0.25) is 0 Å². The van der Waals surface area contributed by atoms with Gasteiger partial charge in [-0.1, -0.05) is 12.1 Å². The standard InChI is InChI=1S/C9H9N3O/c10-4-6-2-1-3-7-8(6)9(13)12-5-11-7/h1-3,5H,4,10H2,(H,11,12,13). The second kappa shape index (κ2) is 2.99. The Bertz CT molecular complexity index is 484. The Balaban J connectivity index is 2.95. The van der Waals surface area contributed by atoms with Crippen LogP contribution < -0.4 is 11.3 Å². The van der Waals surface area contributed by atoms with Crippen LogP contribution >= 0.6 is 0 Å². The molecular formula is C9H9N3O. The van der Waals surface area contributed by atoms with Crippen molar-refractivity contribution in [3.63, 3.8) is 0 Å². The molecule has 0 unspecified atom stereocenters. The van der Waals surface area contributed by atoms with Crippen molar-refractivity contribution in [2.45, 2.75) is 6.54 Å². The Morgan fingerprint density at radius 2 is 2.31 bits per heavy atom. The van der Waals surface area contributed by atoms with E-state index in [9.17, 15) is 4.79 Å². The molecule has 0 bridgehead atoms. The molecule has 1 heterocycles. The summed E-state index contributed by atoms with van der Waals surface area (Å²) in [4.78, 5) is 18.0. The van der Waals surface area contributed by atoms with Crippen LogP contribution in [-0.2, 0) is 6.54 Å². The first-order chi connectivity index (χ1) is 6.33. The summed E-state index contributed by atoms with van der Waals surface area (Å²) in [5, 5.41) is 0.590. The smallest absolute Gasteiger partial charge is 0.258 e. The molecule has 2 rings (SSSR count). The third kappa shape index (κ3) is 1.21. The first kappa shape index (κ1) is 7.94. The molecule has 1 aromatic heterocycles. The number of hydrogen-bond donors (Lipinski definition) is 2. The summed E-state index contributed by atoms with van der Waals surface area (Å²) >= 11 is 0. The third-order valence-corrected chi connectivity index (χ3v) is 1.98. The van der Waals surface area contributed by atoms with E-state index in [-0.39, 0.29) is 5.56 Å². The number of nitrogens with zero attached hydrogens (tertiary/aromatic N) is 1. The molecule has 3 N–H and O–H groups in total. The molecule has 0 amide bonds. The first-order valence-electron chi connectivity index (χ1n) is 3.98. The summed E-state index contributed by atoms with van der Waals surface area (Å²) < 4.78 is 0. The predicted octanol–water partition coefficient (Wildman–Crippen LogP) is 0.382. The number of aromatic amines is 1. The molecule has 66 valence electrons. The van der Waals surface area contributed by atoms with Gasteiger partial charge in [-0.2, -0.15) is 0 Å². The Labute approximate surface area is 74.4 Å². The lowest BCUT2D eigenvalue weighted by Crippen LogP contribution is -2.10. The van der Waals surface area contributed by atoms with Crippen molar-refractivity contribution in [1.29, 1.82) is 0 Å². The number of H-pyrrole nitrogens is 1. The monoisotopic (exact) mass is 175 g/mol. The number of nitrogens with one attached hydrogen (secondary N) is 1. The van der Waals surface area contributed by atoms with Crippen molar-refractivity contribution in [2.75, 3.05) is 0 Å². The fourth-order valence-electron chi connectivity index (χ4n) is 1.36. The van der Waals surface area contributed by atoms with E-state index in [2.05, 4.69) is 9.97 Å². The summed E-state index contributed by atoms with van der Waals surface area (Å²) in [6.07, 6.45) is 1.39. The third-order valence-electron chi connectivity index (χ3n) is 1.98. The second-order valence-corrected chi connectivity index (χ2v) is 2.75. The topological polar surface area (TPSA) is 71.8 Å². The molecule has 0 fully saturated rings. The SMILES string of the molecule is NCc1cccc2nc[nH]c(=O)c12. The minimum atomic E-state index is -0.133. The van der Waals surface area contributed by atoms with E-state index >= 15 is 0 Å². The molecule has 0 radical (unpaired) electrons. The highest BCUT2D eigenvalue weighted by Crippen LogP contribution is 2.10. The van der Waals surface area contributed by atoms with E-state index in [1.165, 1.54) is 6.33 Å². The van der Waals surface area contributed by atoms with Crippen LogP contribution in [0.15, 0.2) is 29.3 Å². The number of nitrogens with two attached hydrogens (primary N) is 1. The van der Waals surface area contributed by atoms with Gasteiger partial charge in [0, 0.05) is 6.54 Å². The van der Waals surface area contributed by atoms with Gasteiger partial charge in [0.25, 0.3) is 5.56 Å². The van der Waals surface area contributed by atoms with Gasteiger partial charge in [-0.15, -0.1) is 0 Å². The van der Waals surface area contributed by atoms with E-state index in [4.69, 9.17) is 5.73 Å². The van der Waals surface area contributed by atoms with Gasteiger partial charge in [-0.05, 0) is 11.6 Å². The van der Waals surface area contributed by atoms with Crippen molar-refractivity contribution >= 4 is 10.9 Å². The van der Waals surface area contributed by atoms with Crippen molar-refractivity contribution in [1.82, 2.24) is 9.97 Å². The molecule has 2 aromatic rings. The molecule has 4 heteroatoms. The van der Waals surface area contributed by atoms with E-state index < -0.39 is 0 Å². The van der Waals surface area contributed by atoms with E-state index in [0.29, 0.717) is 17.4 Å². The highest BCUT2D eigenvalue weighted by Gasteiger charge is 2.02. The van der Waals surface area contributed by atoms with Gasteiger partial charge in [0.2, 0.25) is 0 Å². The average Bonchev–Trinajstić information content (AvgIpc) is 2.17. The zero-order valence-corrected chi connectivity index (χ0v) is 6.95. The average molecular weight is 175 g/mol. The maximum Gasteiger partial charge on any atom is 0.258 e. The van der Waals surface area contributed by atoms with Crippen molar-refractivity contribution in [2.24, 2.45) is 5.73 Å². The molecule has 0 aliphatic carbocycles. The van der Waals surface area contributed by atoms with E-state index in [1.807, 2.05) is 12.1 Å². The summed E-state index contributed by atoms with van der Waals surface area (Å²) in [6, 6.07) is 5.47. The molecular weight excluding hydrogens is 166 g/mol. The van der Waals surface area contributed by atoms with Crippen molar-refractivity contribution < 1.29 is 0 Å². The predicted molar refractivity (Wildman–Crippen MR) is 50.3 cm³/mol. The maximum atomic E-state index is 11.4. The van der Waals surface area contributed by atoms with Gasteiger partial charge in [0.15, 0.2) is 0 Å². The van der Waals surface area contributed by atoms with E-state index in [0.717, 1.165) is 5.56 Å². The fraction of sp³-hybridized carbons (Fsp3) is 0.111. The van der Waals surface area contributed by atoms with Gasteiger partial charge in [0.1, 0.15) is 0 Å². The summed E-state index contributed by atoms with van der Waals surface area (Å²) in [5.74, 6) is 0. The van der Waals surface area contributed by atoms with Gasteiger partial charge in [0.05, 0.1) is 17.2 Å². The van der Waals surface area contributed by atoms with Crippen LogP contribution in [-0.4, -0.2) is 9.97 Å². The number of aromatic nitrogens is 2. The maximum absolute atomic E-state index is 11.4. The van der Waals surface area contributed by atoms with E-state index in [1.54, 1.807) is 6.07 Å². The summed E-state index contributed by atoms with van der Waals surface area (Å²) in [7, 11) is 0. The highest BCUT2D eigenvalue weighted by molar-refractivity contribution is 5.80. The van der Waals surface area contributed by atoms with Gasteiger partial charge < -0.3 is 10.7 Å². The Hall–Kier alpha value is -1.68. The summed E-state index contributed by atoms with van der Waals surface area (Å²) in [5.41, 5.74) is 6.88. The highest BCUT2D eigenvalue weighted by atomic mass is 16.1. The van der Waals surface area contributed by atoms with Crippen molar-refractivity contribution in [3.8, 4) is 0 Å². The zero-order valence-electron chi connectivity index (χ0n) is 6.95. The zero-order chi connectivity index (χ0) is 9.26. The van der Waals surface area contributed by atoms with Crippen LogP contribution in [0, 0.1) is 0 Å². The second-order valence-electron chi connectivity index (χ2n) is 2.75. The molecule has 0 saturated carbocycles. The lowest BCUT2D eigenvalue weighted by Gasteiger charge is -2.00. The molecule has 0 saturated heterocycles. The molecule has 0 aliphatic heterocycles. The Kier molecular flexibility index (Phi) is 1.83. The quantitative estimate of drug-likeness (QED) is 0.658. The molecule has 13 heavy (non-hydrogen) atoms. The van der Waals surface area contributed by atoms with Crippen LogP contribution in [0.1, 0.15) is 5.56 Å².